The lowest BCUT2D eigenvalue weighted by molar-refractivity contribution is 0.143. The van der Waals surface area contributed by atoms with Gasteiger partial charge in [0.1, 0.15) is 0 Å². The van der Waals surface area contributed by atoms with E-state index in [2.05, 4.69) is 29.0 Å². The van der Waals surface area contributed by atoms with E-state index < -0.39 is 0 Å². The summed E-state index contributed by atoms with van der Waals surface area (Å²) in [5.74, 6) is 0. The van der Waals surface area contributed by atoms with Crippen LogP contribution in [0.1, 0.15) is 90.4 Å². The molecule has 0 spiro atoms. The SMILES string of the molecule is CCOCCCCCCCCCCCCCCC=CCN1C=NCC1. The number of ether oxygens (including phenoxy) is 1. The normalized spacial score (nSPS) is 14.2. The van der Waals surface area contributed by atoms with E-state index in [9.17, 15) is 0 Å². The zero-order valence-electron chi connectivity index (χ0n) is 16.8. The van der Waals surface area contributed by atoms with Crippen molar-refractivity contribution < 1.29 is 4.74 Å². The summed E-state index contributed by atoms with van der Waals surface area (Å²) in [5.41, 5.74) is 0. The first-order valence-electron chi connectivity index (χ1n) is 10.9. The molecule has 0 saturated carbocycles. The molecule has 0 bridgehead atoms. The van der Waals surface area contributed by atoms with E-state index >= 15 is 0 Å². The summed E-state index contributed by atoms with van der Waals surface area (Å²) in [4.78, 5) is 6.50. The molecule has 1 aliphatic heterocycles. The van der Waals surface area contributed by atoms with Crippen LogP contribution in [0.25, 0.3) is 0 Å². The van der Waals surface area contributed by atoms with E-state index in [0.29, 0.717) is 0 Å². The van der Waals surface area contributed by atoms with Crippen LogP contribution in [0.4, 0.5) is 0 Å². The van der Waals surface area contributed by atoms with Gasteiger partial charge in [-0.3, -0.25) is 4.99 Å². The molecule has 146 valence electrons. The molecule has 3 heteroatoms. The molecule has 0 radical (unpaired) electrons. The lowest BCUT2D eigenvalue weighted by Crippen LogP contribution is -2.19. The third-order valence-corrected chi connectivity index (χ3v) is 4.88. The quantitative estimate of drug-likeness (QED) is 0.224. The number of rotatable bonds is 18. The van der Waals surface area contributed by atoms with Crippen LogP contribution >= 0.6 is 0 Å². The van der Waals surface area contributed by atoms with Gasteiger partial charge in [0.25, 0.3) is 0 Å². The van der Waals surface area contributed by atoms with E-state index in [1.165, 1.54) is 83.5 Å². The van der Waals surface area contributed by atoms with Gasteiger partial charge in [-0.15, -0.1) is 0 Å². The van der Waals surface area contributed by atoms with E-state index in [0.717, 1.165) is 32.8 Å². The van der Waals surface area contributed by atoms with Gasteiger partial charge in [-0.05, 0) is 26.2 Å². The minimum atomic E-state index is 0.866. The largest absolute Gasteiger partial charge is 0.382 e. The molecule has 0 aromatic carbocycles. The number of hydrogen-bond acceptors (Lipinski definition) is 3. The van der Waals surface area contributed by atoms with Crippen LogP contribution in [-0.2, 0) is 4.74 Å². The van der Waals surface area contributed by atoms with Crippen LogP contribution in [0, 0.1) is 0 Å². The summed E-state index contributed by atoms with van der Waals surface area (Å²) in [6, 6.07) is 0. The highest BCUT2D eigenvalue weighted by molar-refractivity contribution is 5.57. The van der Waals surface area contributed by atoms with Gasteiger partial charge in [0.15, 0.2) is 0 Å². The summed E-state index contributed by atoms with van der Waals surface area (Å²) >= 11 is 0. The molecule has 0 unspecified atom stereocenters. The average molecular weight is 351 g/mol. The maximum Gasteiger partial charge on any atom is 0.0854 e. The van der Waals surface area contributed by atoms with Gasteiger partial charge < -0.3 is 9.64 Å². The fraction of sp³-hybridized carbons (Fsp3) is 0.864. The van der Waals surface area contributed by atoms with Crippen LogP contribution < -0.4 is 0 Å². The highest BCUT2D eigenvalue weighted by Crippen LogP contribution is 2.12. The van der Waals surface area contributed by atoms with Crippen LogP contribution in [0.3, 0.4) is 0 Å². The van der Waals surface area contributed by atoms with E-state index in [1.54, 1.807) is 0 Å². The molecule has 0 atom stereocenters. The van der Waals surface area contributed by atoms with E-state index in [1.807, 2.05) is 6.34 Å². The van der Waals surface area contributed by atoms with Crippen LogP contribution in [0.2, 0.25) is 0 Å². The van der Waals surface area contributed by atoms with Gasteiger partial charge >= 0.3 is 0 Å². The van der Waals surface area contributed by atoms with E-state index in [4.69, 9.17) is 4.74 Å². The fourth-order valence-corrected chi connectivity index (χ4v) is 3.26. The summed E-state index contributed by atoms with van der Waals surface area (Å²) < 4.78 is 5.36. The van der Waals surface area contributed by atoms with Crippen molar-refractivity contribution in [3.63, 3.8) is 0 Å². The highest BCUT2D eigenvalue weighted by Gasteiger charge is 2.01. The zero-order valence-corrected chi connectivity index (χ0v) is 16.8. The molecular weight excluding hydrogens is 308 g/mol. The smallest absolute Gasteiger partial charge is 0.0854 e. The van der Waals surface area contributed by atoms with E-state index in [-0.39, 0.29) is 0 Å². The lowest BCUT2D eigenvalue weighted by atomic mass is 10.0. The van der Waals surface area contributed by atoms with Crippen molar-refractivity contribution in [1.29, 1.82) is 0 Å². The molecule has 0 N–H and O–H groups in total. The van der Waals surface area contributed by atoms with Crippen LogP contribution in [-0.4, -0.2) is 44.1 Å². The first kappa shape index (κ1) is 22.2. The molecule has 0 amide bonds. The monoisotopic (exact) mass is 350 g/mol. The van der Waals surface area contributed by atoms with Gasteiger partial charge in [-0.2, -0.15) is 0 Å². The maximum atomic E-state index is 5.36. The molecule has 0 saturated heterocycles. The Labute approximate surface area is 156 Å². The number of allylic oxidation sites excluding steroid dienone is 1. The average Bonchev–Trinajstić information content (AvgIpc) is 3.14. The van der Waals surface area contributed by atoms with Gasteiger partial charge in [0, 0.05) is 26.3 Å². The second-order valence-electron chi connectivity index (χ2n) is 7.22. The van der Waals surface area contributed by atoms with Crippen molar-refractivity contribution in [2.45, 2.75) is 90.4 Å². The molecule has 25 heavy (non-hydrogen) atoms. The molecule has 3 nitrogen and oxygen atoms in total. The third kappa shape index (κ3) is 15.2. The van der Waals surface area contributed by atoms with Gasteiger partial charge in [0.2, 0.25) is 0 Å². The summed E-state index contributed by atoms with van der Waals surface area (Å²) in [6.07, 6.45) is 24.6. The number of hydrogen-bond donors (Lipinski definition) is 0. The molecular formula is C22H42N2O. The first-order valence-corrected chi connectivity index (χ1v) is 10.9. The predicted molar refractivity (Wildman–Crippen MR) is 111 cm³/mol. The minimum absolute atomic E-state index is 0.866. The van der Waals surface area contributed by atoms with Crippen molar-refractivity contribution in [1.82, 2.24) is 4.90 Å². The third-order valence-electron chi connectivity index (χ3n) is 4.88. The Bertz CT molecular complexity index is 328. The molecule has 0 aliphatic carbocycles. The maximum absolute atomic E-state index is 5.36. The molecule has 0 aromatic heterocycles. The molecule has 1 aliphatic rings. The van der Waals surface area contributed by atoms with Gasteiger partial charge in [0.05, 0.1) is 12.9 Å². The standard InChI is InChI=1S/C22H42N2O/c1-2-25-21-17-15-13-11-9-7-5-3-4-6-8-10-12-14-16-19-24-20-18-23-22-24/h14,16,22H,2-13,15,17-21H2,1H3. The van der Waals surface area contributed by atoms with Crippen LogP contribution in [0.5, 0.6) is 0 Å². The summed E-state index contributed by atoms with van der Waals surface area (Å²) in [6.45, 7) is 7.00. The molecule has 0 fully saturated rings. The Balaban J connectivity index is 1.68. The molecule has 0 aromatic rings. The Kier molecular flexibility index (Phi) is 16.0. The number of nitrogens with zero attached hydrogens (tertiary/aromatic N) is 2. The van der Waals surface area contributed by atoms with Crippen molar-refractivity contribution in [2.75, 3.05) is 32.8 Å². The Morgan fingerprint density at radius 1 is 0.840 bits per heavy atom. The Morgan fingerprint density at radius 3 is 2.00 bits per heavy atom. The van der Waals surface area contributed by atoms with Crippen LogP contribution in [0.15, 0.2) is 17.1 Å². The summed E-state index contributed by atoms with van der Waals surface area (Å²) in [7, 11) is 0. The lowest BCUT2D eigenvalue weighted by Gasteiger charge is -2.09. The van der Waals surface area contributed by atoms with Gasteiger partial charge in [-0.25, -0.2) is 0 Å². The highest BCUT2D eigenvalue weighted by atomic mass is 16.5. The molecule has 1 rings (SSSR count). The van der Waals surface area contributed by atoms with Crippen molar-refractivity contribution in [3.05, 3.63) is 12.2 Å². The summed E-state index contributed by atoms with van der Waals surface area (Å²) in [5, 5.41) is 0. The van der Waals surface area contributed by atoms with Crippen molar-refractivity contribution in [3.8, 4) is 0 Å². The van der Waals surface area contributed by atoms with Crippen molar-refractivity contribution >= 4 is 6.34 Å². The predicted octanol–water partition coefficient (Wildman–Crippen LogP) is 5.99. The number of aliphatic imine (C=N–C) groups is 1. The van der Waals surface area contributed by atoms with Gasteiger partial charge in [-0.1, -0.05) is 76.4 Å². The topological polar surface area (TPSA) is 24.8 Å². The second-order valence-corrected chi connectivity index (χ2v) is 7.22. The minimum Gasteiger partial charge on any atom is -0.382 e. The zero-order chi connectivity index (χ0) is 17.8. The first-order chi connectivity index (χ1) is 12.4. The number of unbranched alkanes of at least 4 members (excludes halogenated alkanes) is 12. The second kappa shape index (κ2) is 18.0. The fourth-order valence-electron chi connectivity index (χ4n) is 3.26. The molecule has 1 heterocycles. The Morgan fingerprint density at radius 2 is 1.44 bits per heavy atom. The van der Waals surface area contributed by atoms with Crippen molar-refractivity contribution in [2.24, 2.45) is 4.99 Å². The Hall–Kier alpha value is -0.830.